The Morgan fingerprint density at radius 3 is 2.12 bits per heavy atom. The molecule has 0 unspecified atom stereocenters. The first-order chi connectivity index (χ1) is 12.2. The summed E-state index contributed by atoms with van der Waals surface area (Å²) in [5.41, 5.74) is 7.65. The summed E-state index contributed by atoms with van der Waals surface area (Å²) in [5.74, 6) is 0. The lowest BCUT2D eigenvalue weighted by Gasteiger charge is -2.20. The van der Waals surface area contributed by atoms with E-state index in [2.05, 4.69) is 50.5 Å². The van der Waals surface area contributed by atoms with Gasteiger partial charge in [-0.05, 0) is 58.3 Å². The van der Waals surface area contributed by atoms with Crippen LogP contribution in [-0.4, -0.2) is 6.21 Å². The zero-order chi connectivity index (χ0) is 20.3. The number of rotatable bonds is 10. The topological polar surface area (TPSA) is 24.4 Å². The van der Waals surface area contributed by atoms with Crippen molar-refractivity contribution in [3.63, 3.8) is 0 Å². The van der Waals surface area contributed by atoms with E-state index in [0.29, 0.717) is 0 Å². The van der Waals surface area contributed by atoms with E-state index in [1.165, 1.54) is 5.57 Å². The number of nitrogens with zero attached hydrogens (tertiary/aromatic N) is 1. The third kappa shape index (κ3) is 6.72. The second-order valence-electron chi connectivity index (χ2n) is 6.08. The third-order valence-corrected chi connectivity index (χ3v) is 4.05. The molecule has 0 rings (SSSR count). The molecule has 0 heterocycles. The highest BCUT2D eigenvalue weighted by Crippen LogP contribution is 2.28. The zero-order valence-electron chi connectivity index (χ0n) is 17.4. The van der Waals surface area contributed by atoms with Gasteiger partial charge in [0.15, 0.2) is 0 Å². The summed E-state index contributed by atoms with van der Waals surface area (Å²) >= 11 is 0. The van der Waals surface area contributed by atoms with Gasteiger partial charge in [0.05, 0.1) is 0 Å². The molecular weight excluding hydrogens is 316 g/mol. The fourth-order valence-electron chi connectivity index (χ4n) is 2.54. The molecule has 0 fully saturated rings. The van der Waals surface area contributed by atoms with E-state index >= 15 is 0 Å². The van der Waals surface area contributed by atoms with Crippen LogP contribution in [-0.2, 0) is 0 Å². The van der Waals surface area contributed by atoms with Crippen molar-refractivity contribution in [3.8, 4) is 0 Å². The van der Waals surface area contributed by atoms with E-state index in [1.54, 1.807) is 12.3 Å². The van der Waals surface area contributed by atoms with Crippen molar-refractivity contribution in [2.75, 3.05) is 0 Å². The Morgan fingerprint density at radius 1 is 1.08 bits per heavy atom. The molecule has 0 aliphatic rings. The normalized spacial score (nSPS) is 14.2. The van der Waals surface area contributed by atoms with Crippen molar-refractivity contribution >= 4 is 6.21 Å². The Kier molecular flexibility index (Phi) is 10.7. The molecule has 2 nitrogen and oxygen atoms in total. The number of aliphatic imine (C=N–C) groups is 1. The molecule has 0 aromatic rings. The van der Waals surface area contributed by atoms with Gasteiger partial charge in [0.25, 0.3) is 0 Å². The molecule has 0 saturated heterocycles. The molecule has 0 aromatic heterocycles. The summed E-state index contributed by atoms with van der Waals surface area (Å²) < 4.78 is 0. The maximum Gasteiger partial charge on any atom is 0.0465 e. The molecule has 0 amide bonds. The van der Waals surface area contributed by atoms with Crippen LogP contribution in [0.1, 0.15) is 48.0 Å². The Hall–Kier alpha value is -2.61. The second kappa shape index (κ2) is 11.9. The molecule has 0 atom stereocenters. The van der Waals surface area contributed by atoms with Gasteiger partial charge in [-0.3, -0.25) is 4.99 Å². The van der Waals surface area contributed by atoms with Crippen molar-refractivity contribution < 1.29 is 0 Å². The molecule has 0 bridgehead atoms. The van der Waals surface area contributed by atoms with Gasteiger partial charge in [0, 0.05) is 28.9 Å². The summed E-state index contributed by atoms with van der Waals surface area (Å²) in [5, 5.41) is 3.37. The zero-order valence-corrected chi connectivity index (χ0v) is 17.4. The molecule has 0 aliphatic heterocycles. The van der Waals surface area contributed by atoms with Crippen LogP contribution in [0.3, 0.4) is 0 Å². The van der Waals surface area contributed by atoms with E-state index in [4.69, 9.17) is 0 Å². The Bertz CT molecular complexity index is 719. The lowest BCUT2D eigenvalue weighted by atomic mass is 9.92. The van der Waals surface area contributed by atoms with Crippen LogP contribution in [0.25, 0.3) is 0 Å². The van der Waals surface area contributed by atoms with Crippen molar-refractivity contribution in [3.05, 3.63) is 95.6 Å². The minimum Gasteiger partial charge on any atom is -0.355 e. The van der Waals surface area contributed by atoms with Crippen LogP contribution in [0, 0.1) is 0 Å². The lowest BCUT2D eigenvalue weighted by molar-refractivity contribution is 0.980. The minimum atomic E-state index is 0.736. The summed E-state index contributed by atoms with van der Waals surface area (Å²) in [7, 11) is 0. The van der Waals surface area contributed by atoms with Gasteiger partial charge >= 0.3 is 0 Å². The van der Waals surface area contributed by atoms with Crippen LogP contribution in [0.4, 0.5) is 0 Å². The van der Waals surface area contributed by atoms with Crippen molar-refractivity contribution in [2.24, 2.45) is 4.99 Å². The predicted octanol–water partition coefficient (Wildman–Crippen LogP) is 6.96. The van der Waals surface area contributed by atoms with Crippen LogP contribution >= 0.6 is 0 Å². The van der Waals surface area contributed by atoms with Crippen LogP contribution < -0.4 is 5.32 Å². The molecule has 0 aromatic carbocycles. The lowest BCUT2D eigenvalue weighted by Crippen LogP contribution is -2.16. The van der Waals surface area contributed by atoms with Gasteiger partial charge in [-0.2, -0.15) is 0 Å². The van der Waals surface area contributed by atoms with Gasteiger partial charge < -0.3 is 5.32 Å². The third-order valence-electron chi connectivity index (χ3n) is 4.05. The minimum absolute atomic E-state index is 0.736. The van der Waals surface area contributed by atoms with E-state index in [1.807, 2.05) is 45.9 Å². The van der Waals surface area contributed by atoms with E-state index in [-0.39, 0.29) is 0 Å². The molecule has 2 heteroatoms. The molecule has 0 saturated carbocycles. The Balaban J connectivity index is 5.74. The van der Waals surface area contributed by atoms with Gasteiger partial charge in [0.1, 0.15) is 0 Å². The Labute approximate surface area is 160 Å². The van der Waals surface area contributed by atoms with Crippen LogP contribution in [0.5, 0.6) is 0 Å². The van der Waals surface area contributed by atoms with Gasteiger partial charge in [0.2, 0.25) is 0 Å². The standard InChI is InChI=1S/C24H34N2/c1-11-15-16-25-20(9)22(13-3)21(10)26-23(14-4)19(8)24(17(5)6)18(7)12-2/h11,13-16,26H,3,5,8,10,12H2,1-2,4,6-7,9H3/b15-11-,22-20-,23-14+,24-18+,25-16-. The van der Waals surface area contributed by atoms with Crippen molar-refractivity contribution in [2.45, 2.75) is 48.0 Å². The fourth-order valence-corrected chi connectivity index (χ4v) is 2.54. The first-order valence-electron chi connectivity index (χ1n) is 8.91. The summed E-state index contributed by atoms with van der Waals surface area (Å²) in [6, 6.07) is 0. The SMILES string of the molecule is C=C/C(C(=C)N/C(=C/C)C(=C)/C(C(=C)C)=C(\C)CC)=C(C)/N=C\C=C/C. The number of hydrogen-bond donors (Lipinski definition) is 1. The van der Waals surface area contributed by atoms with Crippen molar-refractivity contribution in [1.82, 2.24) is 5.32 Å². The largest absolute Gasteiger partial charge is 0.355 e. The van der Waals surface area contributed by atoms with Crippen molar-refractivity contribution in [1.29, 1.82) is 0 Å². The highest BCUT2D eigenvalue weighted by atomic mass is 14.9. The monoisotopic (exact) mass is 350 g/mol. The molecule has 1 N–H and O–H groups in total. The first-order valence-corrected chi connectivity index (χ1v) is 8.91. The second-order valence-corrected chi connectivity index (χ2v) is 6.08. The van der Waals surface area contributed by atoms with Gasteiger partial charge in [-0.25, -0.2) is 0 Å². The summed E-state index contributed by atoms with van der Waals surface area (Å²) in [6.07, 6.45) is 10.3. The summed E-state index contributed by atoms with van der Waals surface area (Å²) in [4.78, 5) is 4.42. The predicted molar refractivity (Wildman–Crippen MR) is 119 cm³/mol. The number of allylic oxidation sites excluding steroid dienone is 8. The maximum absolute atomic E-state index is 4.42. The fraction of sp³-hybridized carbons (Fsp3) is 0.292. The smallest absolute Gasteiger partial charge is 0.0465 e. The maximum atomic E-state index is 4.42. The molecule has 0 aliphatic carbocycles. The average Bonchev–Trinajstić information content (AvgIpc) is 2.59. The van der Waals surface area contributed by atoms with Crippen LogP contribution in [0.2, 0.25) is 0 Å². The molecular formula is C24H34N2. The number of hydrogen-bond acceptors (Lipinski definition) is 2. The molecule has 26 heavy (non-hydrogen) atoms. The quantitative estimate of drug-likeness (QED) is 0.334. The molecule has 140 valence electrons. The Morgan fingerprint density at radius 2 is 1.69 bits per heavy atom. The van der Waals surface area contributed by atoms with E-state index < -0.39 is 0 Å². The average molecular weight is 351 g/mol. The molecule has 0 spiro atoms. The van der Waals surface area contributed by atoms with Crippen LogP contribution in [0.15, 0.2) is 101 Å². The highest BCUT2D eigenvalue weighted by Gasteiger charge is 2.13. The first kappa shape index (κ1) is 23.4. The van der Waals surface area contributed by atoms with E-state index in [9.17, 15) is 0 Å². The summed E-state index contributed by atoms with van der Waals surface area (Å²) in [6.45, 7) is 28.6. The van der Waals surface area contributed by atoms with E-state index in [0.717, 1.165) is 45.8 Å². The van der Waals surface area contributed by atoms with Gasteiger partial charge in [-0.15, -0.1) is 0 Å². The number of nitrogens with one attached hydrogen (secondary N) is 1. The highest BCUT2D eigenvalue weighted by molar-refractivity contribution is 5.72. The molecule has 0 radical (unpaired) electrons. The van der Waals surface area contributed by atoms with Gasteiger partial charge in [-0.1, -0.05) is 62.6 Å².